The Morgan fingerprint density at radius 1 is 1.50 bits per heavy atom. The molecule has 10 heteroatoms. The van der Waals surface area contributed by atoms with Crippen LogP contribution in [0.5, 0.6) is 0 Å². The van der Waals surface area contributed by atoms with Crippen molar-refractivity contribution in [1.82, 2.24) is 23.8 Å². The third-order valence-corrected chi connectivity index (χ3v) is 4.76. The molecule has 0 saturated carbocycles. The lowest BCUT2D eigenvalue weighted by Gasteiger charge is -2.29. The van der Waals surface area contributed by atoms with Gasteiger partial charge in [0.2, 0.25) is 0 Å². The normalized spacial score (nSPS) is 18.2. The fraction of sp³-hybridized carbons (Fsp3) is 0.700. The van der Waals surface area contributed by atoms with Crippen molar-refractivity contribution in [3.05, 3.63) is 12.2 Å². The summed E-state index contributed by atoms with van der Waals surface area (Å²) < 4.78 is 29.3. The van der Waals surface area contributed by atoms with Gasteiger partial charge in [0.15, 0.2) is 5.82 Å². The summed E-state index contributed by atoms with van der Waals surface area (Å²) in [5.41, 5.74) is 0. The number of carboxylic acids is 1. The Kier molecular flexibility index (Phi) is 4.35. The van der Waals surface area contributed by atoms with Crippen molar-refractivity contribution in [1.29, 1.82) is 0 Å². The highest BCUT2D eigenvalue weighted by Gasteiger charge is 2.30. The van der Waals surface area contributed by atoms with Crippen LogP contribution in [0, 0.1) is 5.92 Å². The molecule has 1 aromatic rings. The Morgan fingerprint density at radius 2 is 2.15 bits per heavy atom. The molecular weight excluding hydrogens is 286 g/mol. The fourth-order valence-electron chi connectivity index (χ4n) is 2.06. The fourth-order valence-corrected chi connectivity index (χ4v) is 3.24. The number of carbonyl (C=O) groups is 1. The van der Waals surface area contributed by atoms with Gasteiger partial charge in [0.25, 0.3) is 10.2 Å². The first-order chi connectivity index (χ1) is 9.38. The molecule has 20 heavy (non-hydrogen) atoms. The zero-order chi connectivity index (χ0) is 14.8. The van der Waals surface area contributed by atoms with Crippen LogP contribution in [0.15, 0.2) is 6.33 Å². The number of aryl methyl sites for hydroxylation is 1. The van der Waals surface area contributed by atoms with E-state index >= 15 is 0 Å². The molecule has 0 aromatic carbocycles. The number of rotatable bonds is 5. The first-order valence-corrected chi connectivity index (χ1v) is 7.64. The molecule has 2 heterocycles. The van der Waals surface area contributed by atoms with E-state index in [1.807, 2.05) is 0 Å². The molecule has 9 nitrogen and oxygen atoms in total. The Bertz CT molecular complexity index is 576. The van der Waals surface area contributed by atoms with Gasteiger partial charge in [-0.25, -0.2) is 4.98 Å². The molecule has 2 rings (SSSR count). The van der Waals surface area contributed by atoms with Crippen molar-refractivity contribution in [2.75, 3.05) is 13.1 Å². The van der Waals surface area contributed by atoms with E-state index in [2.05, 4.69) is 14.8 Å². The molecule has 0 aliphatic carbocycles. The second-order valence-corrected chi connectivity index (χ2v) is 6.43. The molecule has 1 fully saturated rings. The lowest BCUT2D eigenvalue weighted by atomic mass is 9.99. The van der Waals surface area contributed by atoms with Gasteiger partial charge >= 0.3 is 5.97 Å². The molecule has 2 N–H and O–H groups in total. The third-order valence-electron chi connectivity index (χ3n) is 3.20. The summed E-state index contributed by atoms with van der Waals surface area (Å²) in [6.45, 7) is 0.436. The lowest BCUT2D eigenvalue weighted by molar-refractivity contribution is -0.142. The molecule has 0 bridgehead atoms. The van der Waals surface area contributed by atoms with E-state index in [1.165, 1.54) is 15.3 Å². The van der Waals surface area contributed by atoms with Gasteiger partial charge in [-0.3, -0.25) is 9.48 Å². The van der Waals surface area contributed by atoms with Crippen molar-refractivity contribution in [3.63, 3.8) is 0 Å². The third kappa shape index (κ3) is 3.52. The number of nitrogens with zero attached hydrogens (tertiary/aromatic N) is 4. The number of hydrogen-bond acceptors (Lipinski definition) is 5. The number of aromatic nitrogens is 3. The SMILES string of the molecule is Cn1cnc(CNS(=O)(=O)N2CCC(C(=O)O)CC2)n1. The highest BCUT2D eigenvalue weighted by Crippen LogP contribution is 2.19. The van der Waals surface area contributed by atoms with Gasteiger partial charge in [0.05, 0.1) is 12.5 Å². The molecule has 0 amide bonds. The Morgan fingerprint density at radius 3 is 2.65 bits per heavy atom. The van der Waals surface area contributed by atoms with Gasteiger partial charge in [-0.15, -0.1) is 0 Å². The Hall–Kier alpha value is -1.52. The maximum absolute atomic E-state index is 12.0. The van der Waals surface area contributed by atoms with Crippen molar-refractivity contribution in [2.24, 2.45) is 13.0 Å². The van der Waals surface area contributed by atoms with E-state index in [9.17, 15) is 13.2 Å². The summed E-state index contributed by atoms with van der Waals surface area (Å²) in [5, 5.41) is 12.9. The highest BCUT2D eigenvalue weighted by atomic mass is 32.2. The van der Waals surface area contributed by atoms with E-state index < -0.39 is 22.1 Å². The topological polar surface area (TPSA) is 117 Å². The Balaban J connectivity index is 1.89. The molecular formula is C10H17N5O4S. The van der Waals surface area contributed by atoms with Crippen LogP contribution < -0.4 is 4.72 Å². The number of carboxylic acid groups (broad SMARTS) is 1. The van der Waals surface area contributed by atoms with E-state index in [4.69, 9.17) is 5.11 Å². The van der Waals surface area contributed by atoms with Gasteiger partial charge in [0.1, 0.15) is 6.33 Å². The average Bonchev–Trinajstić information content (AvgIpc) is 2.82. The maximum atomic E-state index is 12.0. The summed E-state index contributed by atoms with van der Waals surface area (Å²) in [5.74, 6) is -0.942. The Labute approximate surface area is 116 Å². The monoisotopic (exact) mass is 303 g/mol. The van der Waals surface area contributed by atoms with E-state index in [0.29, 0.717) is 18.7 Å². The van der Waals surface area contributed by atoms with Crippen molar-refractivity contribution < 1.29 is 18.3 Å². The van der Waals surface area contributed by atoms with Crippen molar-refractivity contribution >= 4 is 16.2 Å². The van der Waals surface area contributed by atoms with Crippen LogP contribution in [0.4, 0.5) is 0 Å². The molecule has 1 aliphatic rings. The second-order valence-electron chi connectivity index (χ2n) is 4.67. The zero-order valence-electron chi connectivity index (χ0n) is 11.1. The minimum absolute atomic E-state index is 0.0159. The van der Waals surface area contributed by atoms with Crippen LogP contribution >= 0.6 is 0 Å². The van der Waals surface area contributed by atoms with Gasteiger partial charge in [-0.2, -0.15) is 22.5 Å². The quantitative estimate of drug-likeness (QED) is 0.716. The second kappa shape index (κ2) is 5.85. The standard InChI is InChI=1S/C10H17N5O4S/c1-14-7-11-9(13-14)6-12-20(18,19)15-4-2-8(3-5-15)10(16)17/h7-8,12H,2-6H2,1H3,(H,16,17). The summed E-state index contributed by atoms with van der Waals surface area (Å²) in [4.78, 5) is 14.7. The molecule has 0 radical (unpaired) electrons. The van der Waals surface area contributed by atoms with Crippen LogP contribution in [0.1, 0.15) is 18.7 Å². The molecule has 112 valence electrons. The molecule has 0 spiro atoms. The van der Waals surface area contributed by atoms with Gasteiger partial charge in [-0.1, -0.05) is 0 Å². The molecule has 1 aliphatic heterocycles. The summed E-state index contributed by atoms with van der Waals surface area (Å²) in [7, 11) is -1.92. The number of hydrogen-bond donors (Lipinski definition) is 2. The molecule has 0 unspecified atom stereocenters. The highest BCUT2D eigenvalue weighted by molar-refractivity contribution is 7.87. The lowest BCUT2D eigenvalue weighted by Crippen LogP contribution is -2.45. The largest absolute Gasteiger partial charge is 0.481 e. The predicted octanol–water partition coefficient (Wildman–Crippen LogP) is -1.05. The van der Waals surface area contributed by atoms with E-state index in [0.717, 1.165) is 0 Å². The van der Waals surface area contributed by atoms with Crippen LogP contribution in [-0.2, 0) is 28.6 Å². The minimum Gasteiger partial charge on any atom is -0.481 e. The van der Waals surface area contributed by atoms with Crippen LogP contribution in [0.3, 0.4) is 0 Å². The molecule has 1 saturated heterocycles. The number of piperidine rings is 1. The minimum atomic E-state index is -3.62. The zero-order valence-corrected chi connectivity index (χ0v) is 11.9. The average molecular weight is 303 g/mol. The van der Waals surface area contributed by atoms with E-state index in [-0.39, 0.29) is 19.6 Å². The van der Waals surface area contributed by atoms with Gasteiger partial charge < -0.3 is 5.11 Å². The first-order valence-electron chi connectivity index (χ1n) is 6.20. The predicted molar refractivity (Wildman–Crippen MR) is 68.7 cm³/mol. The maximum Gasteiger partial charge on any atom is 0.306 e. The smallest absolute Gasteiger partial charge is 0.306 e. The summed E-state index contributed by atoms with van der Waals surface area (Å²) >= 11 is 0. The van der Waals surface area contributed by atoms with Gasteiger partial charge in [0, 0.05) is 20.1 Å². The summed E-state index contributed by atoms with van der Waals surface area (Å²) in [6, 6.07) is 0. The van der Waals surface area contributed by atoms with Crippen LogP contribution in [0.25, 0.3) is 0 Å². The van der Waals surface area contributed by atoms with Crippen LogP contribution in [0.2, 0.25) is 0 Å². The molecule has 0 atom stereocenters. The van der Waals surface area contributed by atoms with Crippen molar-refractivity contribution in [2.45, 2.75) is 19.4 Å². The summed E-state index contributed by atoms with van der Waals surface area (Å²) in [6.07, 6.45) is 2.15. The van der Waals surface area contributed by atoms with E-state index in [1.54, 1.807) is 7.05 Å². The number of nitrogens with one attached hydrogen (secondary N) is 1. The van der Waals surface area contributed by atoms with Crippen LogP contribution in [-0.4, -0.2) is 51.7 Å². The molecule has 1 aromatic heterocycles. The first kappa shape index (κ1) is 14.9. The van der Waals surface area contributed by atoms with Gasteiger partial charge in [-0.05, 0) is 12.8 Å². The number of aliphatic carboxylic acids is 1. The van der Waals surface area contributed by atoms with Crippen molar-refractivity contribution in [3.8, 4) is 0 Å².